The maximum absolute atomic E-state index is 13.0. The van der Waals surface area contributed by atoms with Crippen LogP contribution in [0.15, 0.2) is 35.1 Å². The van der Waals surface area contributed by atoms with Gasteiger partial charge in [-0.25, -0.2) is 4.39 Å². The number of nitrogens with zero attached hydrogens (tertiary/aromatic N) is 1. The molecule has 0 saturated heterocycles. The van der Waals surface area contributed by atoms with Crippen molar-refractivity contribution < 1.29 is 4.39 Å². The number of hydrogen-bond donors (Lipinski definition) is 0. The Balaban J connectivity index is 1.96. The van der Waals surface area contributed by atoms with Crippen LogP contribution in [0, 0.1) is 22.6 Å². The summed E-state index contributed by atoms with van der Waals surface area (Å²) >= 11 is 0. The normalized spacial score (nSPS) is 24.2. The molecule has 1 fully saturated rings. The van der Waals surface area contributed by atoms with Crippen molar-refractivity contribution in [2.75, 3.05) is 0 Å². The zero-order valence-electron chi connectivity index (χ0n) is 10.9. The largest absolute Gasteiger partial charge is 0.207 e. The fourth-order valence-corrected chi connectivity index (χ4v) is 3.72. The standard InChI is InChI=1S/C16H18FNO/c17-13-7-5-12(6-8-13)16-14(9-10-15(16)18-19)11-3-1-2-4-11/h5-8,11,14H,1-4,9-10H2. The van der Waals surface area contributed by atoms with Crippen molar-refractivity contribution in [1.82, 2.24) is 0 Å². The van der Waals surface area contributed by atoms with Gasteiger partial charge in [-0.2, -0.15) is 0 Å². The molecule has 2 aliphatic rings. The Morgan fingerprint density at radius 1 is 1.05 bits per heavy atom. The van der Waals surface area contributed by atoms with Gasteiger partial charge >= 0.3 is 0 Å². The summed E-state index contributed by atoms with van der Waals surface area (Å²) in [5, 5.41) is 3.23. The molecule has 1 aromatic carbocycles. The Labute approximate surface area is 112 Å². The van der Waals surface area contributed by atoms with Crippen LogP contribution in [0.1, 0.15) is 44.1 Å². The maximum atomic E-state index is 13.0. The van der Waals surface area contributed by atoms with Gasteiger partial charge in [0.1, 0.15) is 5.82 Å². The van der Waals surface area contributed by atoms with E-state index in [2.05, 4.69) is 5.18 Å². The van der Waals surface area contributed by atoms with Gasteiger partial charge in [0.15, 0.2) is 0 Å². The average molecular weight is 259 g/mol. The van der Waals surface area contributed by atoms with E-state index in [1.54, 1.807) is 12.1 Å². The monoisotopic (exact) mass is 259 g/mol. The molecule has 0 bridgehead atoms. The van der Waals surface area contributed by atoms with Gasteiger partial charge in [0.25, 0.3) is 0 Å². The van der Waals surface area contributed by atoms with Crippen molar-refractivity contribution in [2.24, 2.45) is 17.0 Å². The van der Waals surface area contributed by atoms with E-state index in [1.165, 1.54) is 37.8 Å². The molecule has 0 aromatic heterocycles. The van der Waals surface area contributed by atoms with Crippen LogP contribution >= 0.6 is 0 Å². The Kier molecular flexibility index (Phi) is 3.45. The van der Waals surface area contributed by atoms with Crippen molar-refractivity contribution in [1.29, 1.82) is 0 Å². The second kappa shape index (κ2) is 5.24. The number of benzene rings is 1. The molecule has 19 heavy (non-hydrogen) atoms. The van der Waals surface area contributed by atoms with E-state index in [1.807, 2.05) is 0 Å². The van der Waals surface area contributed by atoms with E-state index in [4.69, 9.17) is 0 Å². The molecule has 0 N–H and O–H groups in total. The second-order valence-electron chi connectivity index (χ2n) is 5.65. The molecule has 1 saturated carbocycles. The summed E-state index contributed by atoms with van der Waals surface area (Å²) in [7, 11) is 0. The number of allylic oxidation sites excluding steroid dienone is 2. The molecule has 100 valence electrons. The van der Waals surface area contributed by atoms with Crippen LogP contribution < -0.4 is 0 Å². The molecule has 3 heteroatoms. The van der Waals surface area contributed by atoms with Crippen LogP contribution in [-0.4, -0.2) is 0 Å². The van der Waals surface area contributed by atoms with Gasteiger partial charge in [-0.3, -0.25) is 0 Å². The molecule has 2 nitrogen and oxygen atoms in total. The minimum Gasteiger partial charge on any atom is -0.207 e. The van der Waals surface area contributed by atoms with Gasteiger partial charge in [0.05, 0.1) is 5.70 Å². The molecular formula is C16H18FNO. The second-order valence-corrected chi connectivity index (χ2v) is 5.65. The van der Waals surface area contributed by atoms with Gasteiger partial charge < -0.3 is 0 Å². The molecular weight excluding hydrogens is 241 g/mol. The summed E-state index contributed by atoms with van der Waals surface area (Å²) in [4.78, 5) is 11.0. The van der Waals surface area contributed by atoms with Crippen molar-refractivity contribution >= 4 is 5.57 Å². The fourth-order valence-electron chi connectivity index (χ4n) is 3.72. The third-order valence-corrected chi connectivity index (χ3v) is 4.61. The molecule has 2 aliphatic carbocycles. The molecule has 1 aromatic rings. The minimum atomic E-state index is -0.236. The molecule has 1 atom stereocenters. The van der Waals surface area contributed by atoms with Crippen LogP contribution in [0.25, 0.3) is 5.57 Å². The summed E-state index contributed by atoms with van der Waals surface area (Å²) in [5.41, 5.74) is 2.75. The molecule has 3 rings (SSSR count). The van der Waals surface area contributed by atoms with Crippen LogP contribution in [0.3, 0.4) is 0 Å². The summed E-state index contributed by atoms with van der Waals surface area (Å²) in [6.07, 6.45) is 6.89. The lowest BCUT2D eigenvalue weighted by Crippen LogP contribution is -2.10. The zero-order chi connectivity index (χ0) is 13.2. The fraction of sp³-hybridized carbons (Fsp3) is 0.500. The topological polar surface area (TPSA) is 29.4 Å². The highest BCUT2D eigenvalue weighted by Crippen LogP contribution is 2.47. The number of nitroso groups, excluding NO2 is 1. The SMILES string of the molecule is O=NC1=C(c2ccc(F)cc2)C(C2CCCC2)CC1. The Hall–Kier alpha value is -1.51. The number of rotatable bonds is 3. The predicted molar refractivity (Wildman–Crippen MR) is 73.8 cm³/mol. The van der Waals surface area contributed by atoms with Crippen LogP contribution in [-0.2, 0) is 0 Å². The Bertz CT molecular complexity index is 500. The molecule has 0 spiro atoms. The summed E-state index contributed by atoms with van der Waals surface area (Å²) in [6.45, 7) is 0. The summed E-state index contributed by atoms with van der Waals surface area (Å²) in [6, 6.07) is 6.50. The molecule has 1 unspecified atom stereocenters. The highest BCUT2D eigenvalue weighted by molar-refractivity contribution is 5.72. The van der Waals surface area contributed by atoms with E-state index >= 15 is 0 Å². The average Bonchev–Trinajstić information content (AvgIpc) is 3.08. The Morgan fingerprint density at radius 2 is 1.74 bits per heavy atom. The quantitative estimate of drug-likeness (QED) is 0.709. The van der Waals surface area contributed by atoms with Crippen molar-refractivity contribution in [3.05, 3.63) is 46.3 Å². The lowest BCUT2D eigenvalue weighted by atomic mass is 9.83. The van der Waals surface area contributed by atoms with Crippen LogP contribution in [0.2, 0.25) is 0 Å². The molecule has 0 radical (unpaired) electrons. The van der Waals surface area contributed by atoms with Gasteiger partial charge in [-0.05, 0) is 66.0 Å². The van der Waals surface area contributed by atoms with Crippen molar-refractivity contribution in [3.63, 3.8) is 0 Å². The maximum Gasteiger partial charge on any atom is 0.123 e. The van der Waals surface area contributed by atoms with E-state index < -0.39 is 0 Å². The number of halogens is 1. The molecule has 0 amide bonds. The van der Waals surface area contributed by atoms with Crippen LogP contribution in [0.5, 0.6) is 0 Å². The summed E-state index contributed by atoms with van der Waals surface area (Å²) in [5.74, 6) is 0.889. The first-order valence-corrected chi connectivity index (χ1v) is 7.12. The highest BCUT2D eigenvalue weighted by atomic mass is 19.1. The van der Waals surface area contributed by atoms with Gasteiger partial charge in [0, 0.05) is 0 Å². The van der Waals surface area contributed by atoms with Gasteiger partial charge in [-0.1, -0.05) is 25.0 Å². The Morgan fingerprint density at radius 3 is 2.37 bits per heavy atom. The lowest BCUT2D eigenvalue weighted by Gasteiger charge is -2.21. The first kappa shape index (κ1) is 12.5. The lowest BCUT2D eigenvalue weighted by molar-refractivity contribution is 0.409. The zero-order valence-corrected chi connectivity index (χ0v) is 10.9. The van der Waals surface area contributed by atoms with E-state index in [0.29, 0.717) is 17.5 Å². The molecule has 0 aliphatic heterocycles. The van der Waals surface area contributed by atoms with Gasteiger partial charge in [0.2, 0.25) is 0 Å². The first-order chi connectivity index (χ1) is 9.29. The van der Waals surface area contributed by atoms with E-state index in [9.17, 15) is 9.30 Å². The van der Waals surface area contributed by atoms with Crippen molar-refractivity contribution in [3.8, 4) is 0 Å². The van der Waals surface area contributed by atoms with E-state index in [-0.39, 0.29) is 5.82 Å². The van der Waals surface area contributed by atoms with E-state index in [0.717, 1.165) is 24.0 Å². The highest BCUT2D eigenvalue weighted by Gasteiger charge is 2.34. The predicted octanol–water partition coefficient (Wildman–Crippen LogP) is 4.90. The smallest absolute Gasteiger partial charge is 0.123 e. The third-order valence-electron chi connectivity index (χ3n) is 4.61. The van der Waals surface area contributed by atoms with Crippen molar-refractivity contribution in [2.45, 2.75) is 38.5 Å². The van der Waals surface area contributed by atoms with Crippen LogP contribution in [0.4, 0.5) is 4.39 Å². The molecule has 0 heterocycles. The summed E-state index contributed by atoms with van der Waals surface area (Å²) < 4.78 is 13.0. The third kappa shape index (κ3) is 2.34. The van der Waals surface area contributed by atoms with Gasteiger partial charge in [-0.15, -0.1) is 4.91 Å². The first-order valence-electron chi connectivity index (χ1n) is 7.12. The number of hydrogen-bond acceptors (Lipinski definition) is 2. The minimum absolute atomic E-state index is 0.236.